The molecule has 0 radical (unpaired) electrons. The van der Waals surface area contributed by atoms with Crippen LogP contribution in [-0.2, 0) is 0 Å². The molecule has 2 N–H and O–H groups in total. The van der Waals surface area contributed by atoms with Crippen LogP contribution < -0.4 is 0 Å². The highest BCUT2D eigenvalue weighted by Gasteiger charge is 2.08. The highest BCUT2D eigenvalue weighted by molar-refractivity contribution is 5.89. The quantitative estimate of drug-likeness (QED) is 0.562. The molecular formula is C13H9N5O2. The van der Waals surface area contributed by atoms with Gasteiger partial charge in [0.25, 0.3) is 0 Å². The lowest BCUT2D eigenvalue weighted by Crippen LogP contribution is -1.76. The number of fused-ring (bicyclic) bond motifs is 1. The number of hydrogen-bond donors (Lipinski definition) is 2. The van der Waals surface area contributed by atoms with Gasteiger partial charge in [-0.2, -0.15) is 5.11 Å². The van der Waals surface area contributed by atoms with Gasteiger partial charge < -0.3 is 5.11 Å². The minimum atomic E-state index is 0.0306. The number of H-pyrrole nitrogens is 1. The molecule has 1 heterocycles. The minimum absolute atomic E-state index is 0.0306. The average molecular weight is 267 g/mol. The Kier molecular flexibility index (Phi) is 2.92. The molecule has 3 rings (SSSR count). The van der Waals surface area contributed by atoms with Gasteiger partial charge in [-0.05, 0) is 36.4 Å². The van der Waals surface area contributed by atoms with Gasteiger partial charge in [-0.15, -0.1) is 10.2 Å². The average Bonchev–Trinajstić information content (AvgIpc) is 2.98. The first-order chi connectivity index (χ1) is 9.78. The van der Waals surface area contributed by atoms with Crippen LogP contribution in [0.1, 0.15) is 10.4 Å². The topological polar surface area (TPSA) is 104 Å². The molecule has 0 spiro atoms. The molecule has 7 heteroatoms. The molecule has 0 bridgehead atoms. The van der Waals surface area contributed by atoms with Crippen LogP contribution in [0.2, 0.25) is 0 Å². The summed E-state index contributed by atoms with van der Waals surface area (Å²) in [6.45, 7) is 0. The Morgan fingerprint density at radius 1 is 1.10 bits per heavy atom. The van der Waals surface area contributed by atoms with E-state index >= 15 is 0 Å². The number of carbonyl (C=O) groups is 1. The van der Waals surface area contributed by atoms with Gasteiger partial charge in [0.1, 0.15) is 23.2 Å². The Balaban J connectivity index is 1.95. The maximum atomic E-state index is 10.6. The summed E-state index contributed by atoms with van der Waals surface area (Å²) in [7, 11) is 0. The number of aromatic nitrogens is 3. The van der Waals surface area contributed by atoms with Crippen LogP contribution in [0.25, 0.3) is 11.0 Å². The predicted octanol–water partition coefficient (Wildman–Crippen LogP) is 2.89. The summed E-state index contributed by atoms with van der Waals surface area (Å²) in [5.74, 6) is 0.0306. The summed E-state index contributed by atoms with van der Waals surface area (Å²) in [6, 6.07) is 9.79. The van der Waals surface area contributed by atoms with Crippen molar-refractivity contribution < 1.29 is 9.90 Å². The van der Waals surface area contributed by atoms with E-state index in [1.807, 2.05) is 0 Å². The molecule has 0 unspecified atom stereocenters. The van der Waals surface area contributed by atoms with Gasteiger partial charge in [0.05, 0.1) is 5.69 Å². The molecule has 0 saturated heterocycles. The number of nitrogens with zero attached hydrogens (tertiary/aromatic N) is 4. The van der Waals surface area contributed by atoms with Crippen molar-refractivity contribution in [2.24, 2.45) is 10.2 Å². The zero-order chi connectivity index (χ0) is 13.9. The summed E-state index contributed by atoms with van der Waals surface area (Å²) in [5, 5.41) is 27.8. The first-order valence-corrected chi connectivity index (χ1v) is 5.77. The van der Waals surface area contributed by atoms with Crippen LogP contribution >= 0.6 is 0 Å². The van der Waals surface area contributed by atoms with Crippen LogP contribution in [0.5, 0.6) is 5.75 Å². The smallest absolute Gasteiger partial charge is 0.156 e. The summed E-state index contributed by atoms with van der Waals surface area (Å²) < 4.78 is 0. The van der Waals surface area contributed by atoms with E-state index in [2.05, 4.69) is 25.6 Å². The number of phenolic OH excluding ortho intramolecular Hbond substituents is 1. The molecule has 0 atom stereocenters. The monoisotopic (exact) mass is 267 g/mol. The fourth-order valence-electron chi connectivity index (χ4n) is 1.72. The minimum Gasteiger partial charge on any atom is -0.506 e. The van der Waals surface area contributed by atoms with Crippen LogP contribution in [0.15, 0.2) is 46.6 Å². The first-order valence-electron chi connectivity index (χ1n) is 5.77. The Hall–Kier alpha value is -3.09. The third kappa shape index (κ3) is 2.12. The molecule has 2 aromatic carbocycles. The Morgan fingerprint density at radius 2 is 1.90 bits per heavy atom. The SMILES string of the molecule is O=Cc1ccc(/N=N/c2ccc(O)c3nn[nH]c23)cc1. The number of aldehydes is 1. The highest BCUT2D eigenvalue weighted by atomic mass is 16.3. The second kappa shape index (κ2) is 4.88. The molecule has 0 fully saturated rings. The first kappa shape index (κ1) is 12.0. The molecule has 1 aromatic heterocycles. The van der Waals surface area contributed by atoms with Gasteiger partial charge in [-0.1, -0.05) is 5.21 Å². The highest BCUT2D eigenvalue weighted by Crippen LogP contribution is 2.30. The molecule has 3 aromatic rings. The normalized spacial score (nSPS) is 11.2. The van der Waals surface area contributed by atoms with Crippen LogP contribution in [-0.4, -0.2) is 26.8 Å². The van der Waals surface area contributed by atoms with E-state index in [4.69, 9.17) is 0 Å². The van der Waals surface area contributed by atoms with Crippen LogP contribution in [0, 0.1) is 0 Å². The second-order valence-corrected chi connectivity index (χ2v) is 4.05. The van der Waals surface area contributed by atoms with Crippen LogP contribution in [0.4, 0.5) is 11.4 Å². The Labute approximate surface area is 113 Å². The summed E-state index contributed by atoms with van der Waals surface area (Å²) >= 11 is 0. The molecule has 0 aliphatic heterocycles. The van der Waals surface area contributed by atoms with Crippen molar-refractivity contribution in [1.82, 2.24) is 15.4 Å². The largest absolute Gasteiger partial charge is 0.506 e. The number of rotatable bonds is 3. The third-order valence-electron chi connectivity index (χ3n) is 2.75. The molecular weight excluding hydrogens is 258 g/mol. The van der Waals surface area contributed by atoms with E-state index in [1.54, 1.807) is 30.3 Å². The van der Waals surface area contributed by atoms with Gasteiger partial charge >= 0.3 is 0 Å². The number of carbonyl (C=O) groups excluding carboxylic acids is 1. The lowest BCUT2D eigenvalue weighted by molar-refractivity contribution is 0.112. The summed E-state index contributed by atoms with van der Waals surface area (Å²) in [4.78, 5) is 10.6. The van der Waals surface area contributed by atoms with E-state index < -0.39 is 0 Å². The lowest BCUT2D eigenvalue weighted by atomic mass is 10.2. The number of phenols is 1. The molecule has 98 valence electrons. The van der Waals surface area contributed by atoms with Crippen molar-refractivity contribution in [1.29, 1.82) is 0 Å². The second-order valence-electron chi connectivity index (χ2n) is 4.05. The number of nitrogens with one attached hydrogen (secondary N) is 1. The van der Waals surface area contributed by atoms with E-state index in [0.29, 0.717) is 28.0 Å². The number of benzene rings is 2. The third-order valence-corrected chi connectivity index (χ3v) is 2.75. The van der Waals surface area contributed by atoms with Crippen molar-refractivity contribution in [3.63, 3.8) is 0 Å². The van der Waals surface area contributed by atoms with Gasteiger partial charge in [0.15, 0.2) is 5.52 Å². The van der Waals surface area contributed by atoms with E-state index in [-0.39, 0.29) is 5.75 Å². The van der Waals surface area contributed by atoms with Gasteiger partial charge in [-0.3, -0.25) is 9.89 Å². The molecule has 0 amide bonds. The fourth-order valence-corrected chi connectivity index (χ4v) is 1.72. The van der Waals surface area contributed by atoms with E-state index in [9.17, 15) is 9.90 Å². The Morgan fingerprint density at radius 3 is 2.65 bits per heavy atom. The summed E-state index contributed by atoms with van der Waals surface area (Å²) in [6.07, 6.45) is 0.765. The molecule has 20 heavy (non-hydrogen) atoms. The van der Waals surface area contributed by atoms with Gasteiger partial charge in [0.2, 0.25) is 0 Å². The zero-order valence-corrected chi connectivity index (χ0v) is 10.2. The molecule has 0 aliphatic carbocycles. The lowest BCUT2D eigenvalue weighted by Gasteiger charge is -1.97. The van der Waals surface area contributed by atoms with Crippen LogP contribution in [0.3, 0.4) is 0 Å². The maximum absolute atomic E-state index is 10.6. The number of aromatic amines is 1. The zero-order valence-electron chi connectivity index (χ0n) is 10.2. The number of hydrogen-bond acceptors (Lipinski definition) is 6. The van der Waals surface area contributed by atoms with Gasteiger partial charge in [-0.25, -0.2) is 0 Å². The number of aromatic hydroxyl groups is 1. The van der Waals surface area contributed by atoms with E-state index in [1.165, 1.54) is 6.07 Å². The van der Waals surface area contributed by atoms with Crippen molar-refractivity contribution in [2.45, 2.75) is 0 Å². The van der Waals surface area contributed by atoms with E-state index in [0.717, 1.165) is 6.29 Å². The van der Waals surface area contributed by atoms with Gasteiger partial charge in [0, 0.05) is 5.56 Å². The standard InChI is InChI=1S/C13H9N5O2/c19-7-8-1-3-9(4-2-8)14-15-10-5-6-11(20)13-12(10)16-18-17-13/h1-7,20H,(H,16,17,18)/b15-14+. The predicted molar refractivity (Wildman–Crippen MR) is 71.6 cm³/mol. The number of azo groups is 1. The van der Waals surface area contributed by atoms with Crippen molar-refractivity contribution in [2.75, 3.05) is 0 Å². The van der Waals surface area contributed by atoms with Crippen molar-refractivity contribution >= 4 is 28.7 Å². The van der Waals surface area contributed by atoms with Crippen molar-refractivity contribution in [3.8, 4) is 5.75 Å². The molecule has 0 saturated carbocycles. The Bertz CT molecular complexity index is 792. The maximum Gasteiger partial charge on any atom is 0.156 e. The molecule has 7 nitrogen and oxygen atoms in total. The van der Waals surface area contributed by atoms with Crippen molar-refractivity contribution in [3.05, 3.63) is 42.0 Å². The fraction of sp³-hybridized carbons (Fsp3) is 0. The molecule has 0 aliphatic rings. The summed E-state index contributed by atoms with van der Waals surface area (Å²) in [5.41, 5.74) is 2.57.